The number of rotatable bonds is 6. The molecule has 0 radical (unpaired) electrons. The summed E-state index contributed by atoms with van der Waals surface area (Å²) >= 11 is 0. The number of nitrogens with two attached hydrogens (primary N) is 2. The Morgan fingerprint density at radius 3 is 1.73 bits per heavy atom. The number of hydrogen-bond donors (Lipinski definition) is 7. The van der Waals surface area contributed by atoms with Gasteiger partial charge in [-0.15, -0.1) is 0 Å². The second-order valence-electron chi connectivity index (χ2n) is 21.1. The molecule has 0 fully saturated rings. The molecule has 78 heavy (non-hydrogen) atoms. The minimum atomic E-state index is -0.997. The van der Waals surface area contributed by atoms with Crippen molar-refractivity contribution in [2.45, 2.75) is 126 Å². The van der Waals surface area contributed by atoms with Gasteiger partial charge in [0, 0.05) is 90.4 Å². The van der Waals surface area contributed by atoms with Crippen molar-refractivity contribution in [3.8, 4) is 0 Å². The first-order valence-corrected chi connectivity index (χ1v) is 26.2. The Morgan fingerprint density at radius 1 is 0.654 bits per heavy atom. The Labute approximate surface area is 458 Å². The Kier molecular flexibility index (Phi) is 25.7. The summed E-state index contributed by atoms with van der Waals surface area (Å²) in [5.74, 6) is -5.25. The molecule has 0 saturated carbocycles. The van der Waals surface area contributed by atoms with E-state index in [1.54, 1.807) is 51.2 Å². The summed E-state index contributed by atoms with van der Waals surface area (Å²) in [7, 11) is 2.96. The van der Waals surface area contributed by atoms with E-state index in [0.717, 1.165) is 11.6 Å². The van der Waals surface area contributed by atoms with Crippen LogP contribution < -0.4 is 22.1 Å². The first kappa shape index (κ1) is 65.6. The lowest BCUT2D eigenvalue weighted by Crippen LogP contribution is -2.38. The predicted octanol–water partition coefficient (Wildman–Crippen LogP) is 5.97. The van der Waals surface area contributed by atoms with E-state index in [9.17, 15) is 53.7 Å². The van der Waals surface area contributed by atoms with Crippen LogP contribution in [-0.2, 0) is 47.7 Å². The van der Waals surface area contributed by atoms with E-state index in [0.29, 0.717) is 41.6 Å². The van der Waals surface area contributed by atoms with E-state index >= 15 is 0 Å². The number of hydrogen-bond acceptors (Lipinski definition) is 15. The van der Waals surface area contributed by atoms with Gasteiger partial charge in [0.25, 0.3) is 11.8 Å². The molecule has 13 atom stereocenters. The molecular weight excluding hydrogens is 1000 g/mol. The fraction of sp³-hybridized carbons (Fsp3) is 0.525. The van der Waals surface area contributed by atoms with Gasteiger partial charge in [0.15, 0.2) is 17.7 Å². The van der Waals surface area contributed by atoms with Gasteiger partial charge in [-0.1, -0.05) is 90.2 Å². The maximum absolute atomic E-state index is 13.3. The van der Waals surface area contributed by atoms with Crippen LogP contribution in [0.25, 0.3) is 0 Å². The third-order valence-electron chi connectivity index (χ3n) is 14.7. The minimum Gasteiger partial charge on any atom is -0.441 e. The fourth-order valence-electron chi connectivity index (χ4n) is 10.4. The third-order valence-corrected chi connectivity index (χ3v) is 14.7. The van der Waals surface area contributed by atoms with Crippen LogP contribution in [0.1, 0.15) is 95.4 Å². The fourth-order valence-corrected chi connectivity index (χ4v) is 10.4. The zero-order valence-electron chi connectivity index (χ0n) is 47.3. The topological polar surface area (TPSA) is 310 Å². The monoisotopic (exact) mass is 1090 g/mol. The number of carbonyl (C=O) groups excluding carboxylic acids is 8. The predicted molar refractivity (Wildman–Crippen MR) is 293 cm³/mol. The van der Waals surface area contributed by atoms with Gasteiger partial charge in [0.1, 0.15) is 12.2 Å². The van der Waals surface area contributed by atoms with Crippen molar-refractivity contribution in [3.63, 3.8) is 0 Å². The number of Topliss-reactive ketones (excluding diaryl/α,β-unsaturated/α-hetero) is 2. The molecule has 4 rings (SSSR count). The zero-order chi connectivity index (χ0) is 58.9. The number of nitrogens with one attached hydrogen (secondary N) is 2. The number of primary amides is 2. The Morgan fingerprint density at radius 2 is 1.19 bits per heavy atom. The average molecular weight is 1090 g/mol. The molecule has 7 unspecified atom stereocenters. The van der Waals surface area contributed by atoms with Crippen LogP contribution in [0, 0.1) is 47.3 Å². The number of aliphatic hydroxyl groups excluding tert-OH is 3. The first-order chi connectivity index (χ1) is 36.6. The van der Waals surface area contributed by atoms with Crippen LogP contribution in [0.4, 0.5) is 9.59 Å². The summed E-state index contributed by atoms with van der Waals surface area (Å²) in [6, 6.07) is 0. The highest BCUT2D eigenvalue weighted by Gasteiger charge is 2.37. The van der Waals surface area contributed by atoms with Crippen LogP contribution in [0.5, 0.6) is 0 Å². The lowest BCUT2D eigenvalue weighted by molar-refractivity contribution is -0.120. The molecule has 4 aliphatic rings. The van der Waals surface area contributed by atoms with Crippen LogP contribution >= 0.6 is 0 Å². The van der Waals surface area contributed by atoms with Crippen LogP contribution in [0.3, 0.4) is 0 Å². The number of carbonyl (C=O) groups is 8. The van der Waals surface area contributed by atoms with Crippen molar-refractivity contribution in [2.75, 3.05) is 27.4 Å². The molecule has 2 aliphatic carbocycles. The summed E-state index contributed by atoms with van der Waals surface area (Å²) in [6.07, 6.45) is 12.7. The number of amides is 4. The molecule has 2 heterocycles. The van der Waals surface area contributed by atoms with Gasteiger partial charge in [-0.2, -0.15) is 0 Å². The highest BCUT2D eigenvalue weighted by molar-refractivity contribution is 6.24. The lowest BCUT2D eigenvalue weighted by Gasteiger charge is -2.34. The van der Waals surface area contributed by atoms with Crippen LogP contribution in [-0.4, -0.2) is 120 Å². The number of fused-ring (bicyclic) bond motifs is 4. The van der Waals surface area contributed by atoms with Crippen molar-refractivity contribution in [1.82, 2.24) is 10.6 Å². The molecule has 2 aliphatic heterocycles. The van der Waals surface area contributed by atoms with Gasteiger partial charge in [-0.05, 0) is 88.9 Å². The van der Waals surface area contributed by atoms with Gasteiger partial charge in [-0.3, -0.25) is 28.8 Å². The van der Waals surface area contributed by atoms with E-state index in [1.165, 1.54) is 39.4 Å². The van der Waals surface area contributed by atoms with E-state index in [-0.39, 0.29) is 76.2 Å². The van der Waals surface area contributed by atoms with E-state index < -0.39 is 84.5 Å². The van der Waals surface area contributed by atoms with Crippen molar-refractivity contribution in [3.05, 3.63) is 117 Å². The minimum absolute atomic E-state index is 0.00226. The molecular formula is C59H82N4O15. The average Bonchev–Trinajstić information content (AvgIpc) is 3.38. The lowest BCUT2D eigenvalue weighted by atomic mass is 9.76. The second-order valence-corrected chi connectivity index (χ2v) is 21.1. The summed E-state index contributed by atoms with van der Waals surface area (Å²) in [5, 5.41) is 36.7. The molecule has 0 saturated heterocycles. The first-order valence-electron chi connectivity index (χ1n) is 26.2. The summed E-state index contributed by atoms with van der Waals surface area (Å²) < 4.78 is 22.1. The highest BCUT2D eigenvalue weighted by atomic mass is 16.6. The van der Waals surface area contributed by atoms with E-state index in [2.05, 4.69) is 10.6 Å². The molecule has 19 nitrogen and oxygen atoms in total. The molecule has 0 aromatic rings. The number of allylic oxidation sites excluding steroid dienone is 10. The maximum Gasteiger partial charge on any atom is 0.405 e. The van der Waals surface area contributed by atoms with Crippen molar-refractivity contribution < 1.29 is 72.6 Å². The van der Waals surface area contributed by atoms with Crippen LogP contribution in [0.2, 0.25) is 0 Å². The molecule has 0 spiro atoms. The third kappa shape index (κ3) is 18.2. The molecule has 0 aromatic carbocycles. The van der Waals surface area contributed by atoms with E-state index in [1.807, 2.05) is 60.6 Å². The quantitative estimate of drug-likeness (QED) is 0.119. The second kappa shape index (κ2) is 30.5. The summed E-state index contributed by atoms with van der Waals surface area (Å²) in [5.41, 5.74) is 13.2. The molecule has 9 N–H and O–H groups in total. The Hall–Kier alpha value is -6.64. The van der Waals surface area contributed by atoms with Gasteiger partial charge in [0.2, 0.25) is 11.6 Å². The molecule has 4 bridgehead atoms. The Bertz CT molecular complexity index is 2590. The summed E-state index contributed by atoms with van der Waals surface area (Å²) in [4.78, 5) is 101. The number of ether oxygens (including phenoxy) is 4. The molecule has 428 valence electrons. The highest BCUT2D eigenvalue weighted by Crippen LogP contribution is 2.35. The van der Waals surface area contributed by atoms with Crippen LogP contribution in [0.15, 0.2) is 117 Å². The molecule has 4 amide bonds. The van der Waals surface area contributed by atoms with Gasteiger partial charge >= 0.3 is 12.2 Å². The molecule has 19 heteroatoms. The number of aliphatic hydroxyl groups is 3. The smallest absolute Gasteiger partial charge is 0.405 e. The standard InChI is InChI=1S/C30H42N2O9.C29H40N2O6/c1-16-8-7-9-25(39-5)28(41-30(31)38)19(4)10-18(3)27(40-6)20(14-33)11-17(2)23(15-34)22-12-21(35)13-24(26(22)36)32-29(16)37;1-15-11-18(4)25(33)19(5)13-20(6)27(37-29(30)36)16(2)9-8-10-17(3)28(35)31-23-14-24(32)21(7)22(12-15)26(23)34/h7-10,12-13,17-18,20,23,25,27-28,33-34H,11,14-15H2,1-6H3,(H2,31,38)(H,32,37);8-10,13-16,18-19,25,27,33H,11-12H2,1-7H3,(H2,30,36)(H,31,35)/b9-7-,16-8+,19-10+;9-8-,17-10+,20-13+/t;15-,16-,18-,19-,25-,27+/m.0/s1. The Balaban J connectivity index is 0.000000412. The summed E-state index contributed by atoms with van der Waals surface area (Å²) in [6.45, 7) is 19.0. The maximum atomic E-state index is 13.3. The number of methoxy groups -OCH3 is 2. The zero-order valence-corrected chi connectivity index (χ0v) is 47.3. The largest absolute Gasteiger partial charge is 0.441 e. The van der Waals surface area contributed by atoms with Gasteiger partial charge < -0.3 is 56.4 Å². The van der Waals surface area contributed by atoms with E-state index in [4.69, 9.17) is 30.4 Å². The SMILES string of the molecule is CC1=C2C[C@@H](C)C[C@H](C)[C@H](O)[C@@H](C)/C=C(\C)[C@H](OC(N)=O)[C@@H](C)/C=C\C=C(/C)C(=O)NC(=CC1=O)C2=O.COC1/C=C\C=C(/C)C(=O)NC2=CC(=O)C=C(C2=O)C(CO)C(C)CC(CO)C(OC)C(C)/C=C(\C)C1OC(N)=O. The van der Waals surface area contributed by atoms with Gasteiger partial charge in [0.05, 0.1) is 30.2 Å². The normalized spacial score (nSPS) is 34.2. The van der Waals surface area contributed by atoms with Crippen molar-refractivity contribution in [2.24, 2.45) is 58.8 Å². The number of ketones is 4. The van der Waals surface area contributed by atoms with Gasteiger partial charge in [-0.25, -0.2) is 9.59 Å². The van der Waals surface area contributed by atoms with Crippen molar-refractivity contribution in [1.29, 1.82) is 0 Å². The van der Waals surface area contributed by atoms with Crippen molar-refractivity contribution >= 4 is 47.1 Å². The molecule has 0 aromatic heterocycles.